The lowest BCUT2D eigenvalue weighted by molar-refractivity contribution is -0.0508. The molecule has 0 N–H and O–H groups in total. The van der Waals surface area contributed by atoms with Gasteiger partial charge in [-0.05, 0) is 25.1 Å². The Balaban J connectivity index is 1.91. The molecule has 0 aliphatic heterocycles. The van der Waals surface area contributed by atoms with Gasteiger partial charge in [0.2, 0.25) is 0 Å². The maximum Gasteiger partial charge on any atom is 0.387 e. The second-order valence-electron chi connectivity index (χ2n) is 5.32. The molecule has 128 valence electrons. The van der Waals surface area contributed by atoms with Crippen molar-refractivity contribution in [3.05, 3.63) is 47.3 Å². The summed E-state index contributed by atoms with van der Waals surface area (Å²) in [4.78, 5) is 4.26. The van der Waals surface area contributed by atoms with Gasteiger partial charge in [-0.3, -0.25) is 4.68 Å². The molecule has 0 aliphatic carbocycles. The van der Waals surface area contributed by atoms with Crippen LogP contribution < -0.4 is 9.47 Å². The van der Waals surface area contributed by atoms with Crippen LogP contribution in [-0.4, -0.2) is 21.4 Å². The first-order valence-electron chi connectivity index (χ1n) is 7.38. The second kappa shape index (κ2) is 6.73. The number of pyridine rings is 1. The van der Waals surface area contributed by atoms with Crippen LogP contribution in [0.4, 0.5) is 8.78 Å². The van der Waals surface area contributed by atoms with Crippen LogP contribution in [0.3, 0.4) is 0 Å². The minimum Gasteiger partial charge on any atom is -0.488 e. The van der Waals surface area contributed by atoms with Crippen LogP contribution in [0, 0.1) is 18.3 Å². The number of nitrogens with zero attached hydrogens (tertiary/aromatic N) is 4. The van der Waals surface area contributed by atoms with Gasteiger partial charge in [-0.1, -0.05) is 6.07 Å². The zero-order valence-corrected chi connectivity index (χ0v) is 13.5. The van der Waals surface area contributed by atoms with E-state index in [9.17, 15) is 8.78 Å². The highest BCUT2D eigenvalue weighted by molar-refractivity contribution is 5.84. The third-order valence-corrected chi connectivity index (χ3v) is 3.66. The molecule has 0 saturated heterocycles. The maximum atomic E-state index is 12.6. The first-order valence-corrected chi connectivity index (χ1v) is 7.38. The van der Waals surface area contributed by atoms with Gasteiger partial charge < -0.3 is 9.47 Å². The average molecular weight is 344 g/mol. The Kier molecular flexibility index (Phi) is 4.48. The fourth-order valence-electron chi connectivity index (χ4n) is 2.57. The van der Waals surface area contributed by atoms with Gasteiger partial charge in [0.15, 0.2) is 5.65 Å². The van der Waals surface area contributed by atoms with Crippen LogP contribution >= 0.6 is 0 Å². The Morgan fingerprint density at radius 2 is 2.08 bits per heavy atom. The van der Waals surface area contributed by atoms with E-state index in [2.05, 4.69) is 14.8 Å². The third-order valence-electron chi connectivity index (χ3n) is 3.66. The number of rotatable bonds is 5. The van der Waals surface area contributed by atoms with Gasteiger partial charge in [0.1, 0.15) is 18.1 Å². The lowest BCUT2D eigenvalue weighted by Gasteiger charge is -2.13. The van der Waals surface area contributed by atoms with E-state index in [0.29, 0.717) is 17.0 Å². The molecule has 6 nitrogen and oxygen atoms in total. The summed E-state index contributed by atoms with van der Waals surface area (Å²) in [5, 5.41) is 14.0. The summed E-state index contributed by atoms with van der Waals surface area (Å²) in [5.41, 5.74) is 2.06. The Labute approximate surface area is 142 Å². The molecule has 2 aromatic heterocycles. The van der Waals surface area contributed by atoms with Gasteiger partial charge in [-0.25, -0.2) is 4.98 Å². The van der Waals surface area contributed by atoms with Crippen LogP contribution in [0.15, 0.2) is 30.5 Å². The van der Waals surface area contributed by atoms with Gasteiger partial charge in [0.05, 0.1) is 22.7 Å². The summed E-state index contributed by atoms with van der Waals surface area (Å²) in [6, 6.07) is 7.90. The fourth-order valence-corrected chi connectivity index (χ4v) is 2.57. The van der Waals surface area contributed by atoms with E-state index in [-0.39, 0.29) is 17.9 Å². The zero-order chi connectivity index (χ0) is 18.0. The molecular weight excluding hydrogens is 330 g/mol. The molecule has 2 heterocycles. The Hall–Kier alpha value is -3.21. The molecule has 3 rings (SSSR count). The lowest BCUT2D eigenvalue weighted by Crippen LogP contribution is -2.06. The highest BCUT2D eigenvalue weighted by Gasteiger charge is 2.15. The van der Waals surface area contributed by atoms with E-state index < -0.39 is 6.61 Å². The topological polar surface area (TPSA) is 73.0 Å². The predicted molar refractivity (Wildman–Crippen MR) is 85.4 cm³/mol. The number of alkyl halides is 2. The Bertz CT molecular complexity index is 963. The van der Waals surface area contributed by atoms with Crippen molar-refractivity contribution in [2.24, 2.45) is 7.05 Å². The Morgan fingerprint density at radius 3 is 2.80 bits per heavy atom. The van der Waals surface area contributed by atoms with E-state index in [1.54, 1.807) is 24.0 Å². The van der Waals surface area contributed by atoms with Crippen LogP contribution in [-0.2, 0) is 13.7 Å². The number of nitriles is 1. The van der Waals surface area contributed by atoms with Crippen LogP contribution in [0.25, 0.3) is 11.0 Å². The molecule has 0 spiro atoms. The molecule has 8 heteroatoms. The molecule has 0 saturated carbocycles. The maximum absolute atomic E-state index is 12.6. The fraction of sp³-hybridized carbons (Fsp3) is 0.235. The van der Waals surface area contributed by atoms with Crippen molar-refractivity contribution >= 4 is 11.0 Å². The summed E-state index contributed by atoms with van der Waals surface area (Å²) in [7, 11) is 1.78. The predicted octanol–water partition coefficient (Wildman–Crippen LogP) is 3.33. The van der Waals surface area contributed by atoms with Crippen molar-refractivity contribution in [2.75, 3.05) is 0 Å². The molecule has 0 unspecified atom stereocenters. The largest absolute Gasteiger partial charge is 0.488 e. The number of hydrogen-bond donors (Lipinski definition) is 0. The van der Waals surface area contributed by atoms with Crippen molar-refractivity contribution < 1.29 is 18.3 Å². The smallest absolute Gasteiger partial charge is 0.387 e. The van der Waals surface area contributed by atoms with Gasteiger partial charge in [0.25, 0.3) is 0 Å². The number of aromatic nitrogens is 3. The number of fused-ring (bicyclic) bond motifs is 1. The second-order valence-corrected chi connectivity index (χ2v) is 5.32. The SMILES string of the molecule is Cc1nn(C)c2nccc(OCc3ccc(C#N)cc3OC(F)F)c12. The van der Waals surface area contributed by atoms with E-state index in [1.165, 1.54) is 18.2 Å². The van der Waals surface area contributed by atoms with Crippen LogP contribution in [0.2, 0.25) is 0 Å². The molecule has 1 aromatic carbocycles. The number of aryl methyl sites for hydroxylation is 2. The van der Waals surface area contributed by atoms with Crippen molar-refractivity contribution in [3.8, 4) is 17.6 Å². The monoisotopic (exact) mass is 344 g/mol. The average Bonchev–Trinajstić information content (AvgIpc) is 2.88. The first-order chi connectivity index (χ1) is 12.0. The molecule has 25 heavy (non-hydrogen) atoms. The molecule has 0 aliphatic rings. The zero-order valence-electron chi connectivity index (χ0n) is 13.5. The first kappa shape index (κ1) is 16.6. The molecule has 0 amide bonds. The minimum atomic E-state index is -2.99. The van der Waals surface area contributed by atoms with Crippen molar-refractivity contribution in [1.29, 1.82) is 5.26 Å². The van der Waals surface area contributed by atoms with Crippen molar-refractivity contribution in [1.82, 2.24) is 14.8 Å². The molecule has 0 atom stereocenters. The lowest BCUT2D eigenvalue weighted by atomic mass is 10.1. The van der Waals surface area contributed by atoms with Crippen LogP contribution in [0.1, 0.15) is 16.8 Å². The summed E-state index contributed by atoms with van der Waals surface area (Å²) in [6.07, 6.45) is 1.59. The van der Waals surface area contributed by atoms with Gasteiger partial charge in [-0.2, -0.15) is 19.1 Å². The number of hydrogen-bond acceptors (Lipinski definition) is 5. The van der Waals surface area contributed by atoms with E-state index >= 15 is 0 Å². The summed E-state index contributed by atoms with van der Waals surface area (Å²) in [5.74, 6) is 0.463. The van der Waals surface area contributed by atoms with Crippen LogP contribution in [0.5, 0.6) is 11.5 Å². The molecule has 0 radical (unpaired) electrons. The van der Waals surface area contributed by atoms with E-state index in [4.69, 9.17) is 10.00 Å². The Morgan fingerprint density at radius 1 is 1.28 bits per heavy atom. The normalized spacial score (nSPS) is 10.9. The highest BCUT2D eigenvalue weighted by atomic mass is 19.3. The summed E-state index contributed by atoms with van der Waals surface area (Å²) >= 11 is 0. The third kappa shape index (κ3) is 3.35. The van der Waals surface area contributed by atoms with Gasteiger partial charge in [-0.15, -0.1) is 0 Å². The molecular formula is C17H14F2N4O2. The number of halogens is 2. The minimum absolute atomic E-state index is 0.00120. The quantitative estimate of drug-likeness (QED) is 0.710. The molecule has 3 aromatic rings. The van der Waals surface area contributed by atoms with Crippen molar-refractivity contribution in [2.45, 2.75) is 20.1 Å². The van der Waals surface area contributed by atoms with E-state index in [0.717, 1.165) is 11.1 Å². The molecule has 0 fully saturated rings. The van der Waals surface area contributed by atoms with Gasteiger partial charge in [0, 0.05) is 18.8 Å². The van der Waals surface area contributed by atoms with Crippen molar-refractivity contribution in [3.63, 3.8) is 0 Å². The van der Waals surface area contributed by atoms with Gasteiger partial charge >= 0.3 is 6.61 Å². The summed E-state index contributed by atoms with van der Waals surface area (Å²) in [6.45, 7) is -1.15. The molecule has 0 bridgehead atoms. The summed E-state index contributed by atoms with van der Waals surface area (Å²) < 4.78 is 37.1. The standard InChI is InChI=1S/C17H14F2N4O2/c1-10-15-13(5-6-21-16(15)23(2)22-10)24-9-12-4-3-11(8-20)7-14(12)25-17(18)19/h3-7,17H,9H2,1-2H3. The van der Waals surface area contributed by atoms with E-state index in [1.807, 2.05) is 13.0 Å². The highest BCUT2D eigenvalue weighted by Crippen LogP contribution is 2.29. The number of benzene rings is 1. The number of ether oxygens (including phenoxy) is 2.